The summed E-state index contributed by atoms with van der Waals surface area (Å²) in [6.07, 6.45) is 1.13. The summed E-state index contributed by atoms with van der Waals surface area (Å²) in [4.78, 5) is 22.0. The molecule has 0 bridgehead atoms. The maximum Gasteiger partial charge on any atom is 0.277 e. The van der Waals surface area contributed by atoms with E-state index in [4.69, 9.17) is 4.74 Å². The van der Waals surface area contributed by atoms with Crippen LogP contribution in [-0.2, 0) is 4.79 Å². The van der Waals surface area contributed by atoms with Gasteiger partial charge in [-0.05, 0) is 43.5 Å². The molecule has 1 amide bonds. The van der Waals surface area contributed by atoms with Gasteiger partial charge in [-0.2, -0.15) is 5.10 Å². The van der Waals surface area contributed by atoms with Crippen molar-refractivity contribution in [1.82, 2.24) is 5.43 Å². The van der Waals surface area contributed by atoms with Gasteiger partial charge in [-0.3, -0.25) is 14.9 Å². The predicted molar refractivity (Wildman–Crippen MR) is 96.6 cm³/mol. The van der Waals surface area contributed by atoms with E-state index < -0.39 is 10.8 Å². The number of nitro groups is 1. The third kappa shape index (κ3) is 4.56. The number of nitrogens with zero attached hydrogens (tertiary/aromatic N) is 2. The van der Waals surface area contributed by atoms with Crippen LogP contribution in [-0.4, -0.2) is 28.8 Å². The van der Waals surface area contributed by atoms with E-state index in [1.165, 1.54) is 12.1 Å². The molecule has 0 heterocycles. The van der Waals surface area contributed by atoms with Gasteiger partial charge in [0.05, 0.1) is 11.1 Å². The molecule has 0 saturated heterocycles. The highest BCUT2D eigenvalue weighted by Gasteiger charge is 2.10. The average Bonchev–Trinajstić information content (AvgIpc) is 2.59. The van der Waals surface area contributed by atoms with Crippen molar-refractivity contribution in [2.45, 2.75) is 20.8 Å². The molecule has 0 spiro atoms. The zero-order valence-electron chi connectivity index (χ0n) is 14.6. The smallest absolute Gasteiger partial charge is 0.277 e. The molecule has 0 fully saturated rings. The van der Waals surface area contributed by atoms with Crippen molar-refractivity contribution in [2.24, 2.45) is 5.10 Å². The van der Waals surface area contributed by atoms with E-state index in [0.29, 0.717) is 5.75 Å². The number of nitro benzene ring substituents is 1. The highest BCUT2D eigenvalue weighted by atomic mass is 16.6. The van der Waals surface area contributed by atoms with Crippen LogP contribution >= 0.6 is 0 Å². The van der Waals surface area contributed by atoms with E-state index in [2.05, 4.69) is 10.5 Å². The van der Waals surface area contributed by atoms with Crippen molar-refractivity contribution in [3.8, 4) is 11.5 Å². The minimum Gasteiger partial charge on any atom is -0.507 e. The zero-order valence-corrected chi connectivity index (χ0v) is 14.6. The SMILES string of the molecule is Cc1ccc(C)c(OCC(=O)N/N=C\c2cc([N+](=O)[O-])ccc2O)c1C. The lowest BCUT2D eigenvalue weighted by molar-refractivity contribution is -0.384. The Hall–Kier alpha value is -3.42. The summed E-state index contributed by atoms with van der Waals surface area (Å²) in [6, 6.07) is 7.41. The molecule has 0 unspecified atom stereocenters. The number of benzene rings is 2. The third-order valence-electron chi connectivity index (χ3n) is 3.84. The fraction of sp³-hybridized carbons (Fsp3) is 0.222. The molecule has 8 heteroatoms. The van der Waals surface area contributed by atoms with Crippen LogP contribution in [0, 0.1) is 30.9 Å². The number of carbonyl (C=O) groups excluding carboxylic acids is 1. The van der Waals surface area contributed by atoms with Crippen LogP contribution in [0.2, 0.25) is 0 Å². The summed E-state index contributed by atoms with van der Waals surface area (Å²) in [7, 11) is 0. The predicted octanol–water partition coefficient (Wildman–Crippen LogP) is 2.75. The average molecular weight is 357 g/mol. The van der Waals surface area contributed by atoms with Gasteiger partial charge < -0.3 is 9.84 Å². The number of rotatable bonds is 6. The van der Waals surface area contributed by atoms with E-state index in [-0.39, 0.29) is 23.6 Å². The number of phenolic OH excluding ortho intramolecular Hbond substituents is 1. The van der Waals surface area contributed by atoms with Gasteiger partial charge in [-0.25, -0.2) is 5.43 Å². The minimum atomic E-state index is -0.588. The van der Waals surface area contributed by atoms with E-state index in [0.717, 1.165) is 29.0 Å². The first kappa shape index (κ1) is 18.9. The summed E-state index contributed by atoms with van der Waals surface area (Å²) in [6.45, 7) is 5.53. The van der Waals surface area contributed by atoms with Gasteiger partial charge in [0.15, 0.2) is 6.61 Å². The standard InChI is InChI=1S/C18H19N3O5/c1-11-4-5-12(2)18(13(11)3)26-10-17(23)20-19-9-14-8-15(21(24)25)6-7-16(14)22/h4-9,22H,10H2,1-3H3,(H,20,23)/b19-9-. The number of aromatic hydroxyl groups is 1. The number of carbonyl (C=O) groups is 1. The molecular weight excluding hydrogens is 338 g/mol. The number of ether oxygens (including phenoxy) is 1. The van der Waals surface area contributed by atoms with E-state index in [9.17, 15) is 20.0 Å². The van der Waals surface area contributed by atoms with Gasteiger partial charge in [-0.1, -0.05) is 12.1 Å². The number of hydrogen-bond donors (Lipinski definition) is 2. The van der Waals surface area contributed by atoms with Gasteiger partial charge in [0.1, 0.15) is 11.5 Å². The van der Waals surface area contributed by atoms with Gasteiger partial charge in [0.2, 0.25) is 0 Å². The molecule has 0 aliphatic carbocycles. The summed E-state index contributed by atoms with van der Waals surface area (Å²) in [5.41, 5.74) is 5.12. The Balaban J connectivity index is 1.97. The Morgan fingerprint density at radius 1 is 1.27 bits per heavy atom. The first-order valence-corrected chi connectivity index (χ1v) is 7.78. The first-order chi connectivity index (χ1) is 12.3. The molecule has 0 aliphatic heterocycles. The van der Waals surface area contributed by atoms with Crippen LogP contribution in [0.15, 0.2) is 35.4 Å². The maximum atomic E-state index is 11.9. The molecule has 2 aromatic rings. The summed E-state index contributed by atoms with van der Waals surface area (Å²) >= 11 is 0. The Kier molecular flexibility index (Phi) is 5.90. The summed E-state index contributed by atoms with van der Waals surface area (Å²) in [5, 5.41) is 24.1. The lowest BCUT2D eigenvalue weighted by Crippen LogP contribution is -2.25. The zero-order chi connectivity index (χ0) is 19.3. The van der Waals surface area contributed by atoms with Crippen molar-refractivity contribution in [3.05, 3.63) is 62.7 Å². The summed E-state index contributed by atoms with van der Waals surface area (Å²) < 4.78 is 5.56. The molecular formula is C18H19N3O5. The highest BCUT2D eigenvalue weighted by molar-refractivity contribution is 5.86. The van der Waals surface area contributed by atoms with Gasteiger partial charge in [0.25, 0.3) is 11.6 Å². The molecule has 136 valence electrons. The number of amides is 1. The van der Waals surface area contributed by atoms with Crippen molar-refractivity contribution >= 4 is 17.8 Å². The minimum absolute atomic E-state index is 0.116. The second kappa shape index (κ2) is 8.11. The molecule has 2 aromatic carbocycles. The number of aryl methyl sites for hydroxylation is 2. The maximum absolute atomic E-state index is 11.9. The van der Waals surface area contributed by atoms with Crippen LogP contribution in [0.4, 0.5) is 5.69 Å². The van der Waals surface area contributed by atoms with Crippen LogP contribution in [0.25, 0.3) is 0 Å². The van der Waals surface area contributed by atoms with E-state index in [1.54, 1.807) is 0 Å². The lowest BCUT2D eigenvalue weighted by Gasteiger charge is -2.13. The quantitative estimate of drug-likeness (QED) is 0.469. The molecule has 0 atom stereocenters. The van der Waals surface area contributed by atoms with Crippen LogP contribution in [0.5, 0.6) is 11.5 Å². The van der Waals surface area contributed by atoms with Crippen LogP contribution in [0.1, 0.15) is 22.3 Å². The van der Waals surface area contributed by atoms with Gasteiger partial charge >= 0.3 is 0 Å². The molecule has 0 aliphatic rings. The first-order valence-electron chi connectivity index (χ1n) is 7.78. The Morgan fingerprint density at radius 3 is 2.65 bits per heavy atom. The largest absolute Gasteiger partial charge is 0.507 e. The number of hydrogen-bond acceptors (Lipinski definition) is 6. The van der Waals surface area contributed by atoms with Gasteiger partial charge in [0, 0.05) is 17.7 Å². The number of nitrogens with one attached hydrogen (secondary N) is 1. The molecule has 0 radical (unpaired) electrons. The fourth-order valence-electron chi connectivity index (χ4n) is 2.25. The number of non-ortho nitro benzene ring substituents is 1. The van der Waals surface area contributed by atoms with Crippen molar-refractivity contribution in [2.75, 3.05) is 6.61 Å². The lowest BCUT2D eigenvalue weighted by atomic mass is 10.1. The van der Waals surface area contributed by atoms with Gasteiger partial charge in [-0.15, -0.1) is 0 Å². The monoisotopic (exact) mass is 357 g/mol. The second-order valence-electron chi connectivity index (χ2n) is 5.74. The number of hydrazone groups is 1. The Morgan fingerprint density at radius 2 is 1.96 bits per heavy atom. The Labute approximate surface area is 150 Å². The van der Waals surface area contributed by atoms with Crippen molar-refractivity contribution in [1.29, 1.82) is 0 Å². The molecule has 2 rings (SSSR count). The summed E-state index contributed by atoms with van der Waals surface area (Å²) in [5.74, 6) is -0.0252. The normalized spacial score (nSPS) is 10.7. The Bertz CT molecular complexity index is 877. The van der Waals surface area contributed by atoms with Crippen LogP contribution in [0.3, 0.4) is 0 Å². The van der Waals surface area contributed by atoms with Crippen LogP contribution < -0.4 is 10.2 Å². The topological polar surface area (TPSA) is 114 Å². The van der Waals surface area contributed by atoms with E-state index in [1.807, 2.05) is 32.9 Å². The third-order valence-corrected chi connectivity index (χ3v) is 3.84. The molecule has 0 saturated carbocycles. The highest BCUT2D eigenvalue weighted by Crippen LogP contribution is 2.25. The molecule has 0 aromatic heterocycles. The van der Waals surface area contributed by atoms with Crippen molar-refractivity contribution in [3.63, 3.8) is 0 Å². The van der Waals surface area contributed by atoms with Crippen molar-refractivity contribution < 1.29 is 19.6 Å². The fourth-order valence-corrected chi connectivity index (χ4v) is 2.25. The molecule has 2 N–H and O–H groups in total. The molecule has 8 nitrogen and oxygen atoms in total. The number of phenols is 1. The van der Waals surface area contributed by atoms with E-state index >= 15 is 0 Å². The second-order valence-corrected chi connectivity index (χ2v) is 5.74. The molecule has 26 heavy (non-hydrogen) atoms.